The van der Waals surface area contributed by atoms with Crippen LogP contribution in [-0.4, -0.2) is 41.1 Å². The molecule has 2 rings (SSSR count). The summed E-state index contributed by atoms with van der Waals surface area (Å²) in [5.74, 6) is -0.665. The van der Waals surface area contributed by atoms with Crippen LogP contribution in [0.2, 0.25) is 0 Å². The summed E-state index contributed by atoms with van der Waals surface area (Å²) in [5, 5.41) is 9.05. The number of anilines is 1. The molecule has 7 heteroatoms. The highest BCUT2D eigenvalue weighted by molar-refractivity contribution is 9.10. The van der Waals surface area contributed by atoms with Gasteiger partial charge in [0.2, 0.25) is 5.91 Å². The van der Waals surface area contributed by atoms with Crippen LogP contribution in [0.3, 0.4) is 0 Å². The monoisotopic (exact) mass is 342 g/mol. The van der Waals surface area contributed by atoms with Gasteiger partial charge in [-0.1, -0.05) is 0 Å². The molecule has 1 saturated heterocycles. The molecule has 20 heavy (non-hydrogen) atoms. The van der Waals surface area contributed by atoms with Gasteiger partial charge in [0.25, 0.3) is 0 Å². The molecule has 6 nitrogen and oxygen atoms in total. The highest BCUT2D eigenvalue weighted by atomic mass is 79.9. The molecule has 1 unspecified atom stereocenters. The van der Waals surface area contributed by atoms with Gasteiger partial charge in [-0.3, -0.25) is 4.79 Å². The minimum atomic E-state index is -1.10. The Morgan fingerprint density at radius 1 is 1.50 bits per heavy atom. The molecular weight excluding hydrogens is 328 g/mol. The highest BCUT2D eigenvalue weighted by Gasteiger charge is 2.26. The average molecular weight is 343 g/mol. The molecule has 1 aromatic carbocycles. The average Bonchev–Trinajstić information content (AvgIpc) is 2.80. The molecule has 0 bridgehead atoms. The maximum atomic E-state index is 11.3. The van der Waals surface area contributed by atoms with Gasteiger partial charge in [0.05, 0.1) is 16.6 Å². The number of likely N-dealkylation sites (tertiary alicyclic amines) is 1. The van der Waals surface area contributed by atoms with Crippen LogP contribution in [0, 0.1) is 0 Å². The van der Waals surface area contributed by atoms with Crippen LogP contribution in [-0.2, 0) is 4.79 Å². The van der Waals surface area contributed by atoms with E-state index >= 15 is 0 Å². The molecule has 1 heterocycles. The fourth-order valence-electron chi connectivity index (χ4n) is 2.13. The first-order chi connectivity index (χ1) is 9.38. The molecule has 0 radical (unpaired) electrons. The Kier molecular flexibility index (Phi) is 4.17. The molecule has 0 aliphatic carbocycles. The summed E-state index contributed by atoms with van der Waals surface area (Å²) < 4.78 is 6.37. The van der Waals surface area contributed by atoms with E-state index in [1.54, 1.807) is 4.90 Å². The van der Waals surface area contributed by atoms with Crippen molar-refractivity contribution in [2.45, 2.75) is 19.4 Å². The molecule has 1 aliphatic rings. The van der Waals surface area contributed by atoms with Gasteiger partial charge in [-0.25, -0.2) is 4.79 Å². The lowest BCUT2D eigenvalue weighted by molar-refractivity contribution is -0.128. The zero-order valence-electron chi connectivity index (χ0n) is 10.9. The van der Waals surface area contributed by atoms with Gasteiger partial charge in [-0.05, 0) is 28.1 Å². The first-order valence-corrected chi connectivity index (χ1v) is 6.92. The molecule has 3 N–H and O–H groups in total. The van der Waals surface area contributed by atoms with Crippen LogP contribution in [0.25, 0.3) is 0 Å². The number of nitrogens with two attached hydrogens (primary N) is 1. The standard InChI is InChI=1S/C13H15BrN2O4/c1-7(17)16-3-2-8(6-16)20-12-4-9(13(18)19)11(15)5-10(12)14/h4-5,8H,2-3,6,15H2,1H3,(H,18,19). The van der Waals surface area contributed by atoms with E-state index in [-0.39, 0.29) is 23.3 Å². The third kappa shape index (κ3) is 3.04. The van der Waals surface area contributed by atoms with Crippen molar-refractivity contribution in [3.05, 3.63) is 22.2 Å². The Balaban J connectivity index is 2.16. The predicted molar refractivity (Wildman–Crippen MR) is 76.8 cm³/mol. The van der Waals surface area contributed by atoms with E-state index in [9.17, 15) is 9.59 Å². The smallest absolute Gasteiger partial charge is 0.337 e. The summed E-state index contributed by atoms with van der Waals surface area (Å²) in [6.07, 6.45) is 0.583. The summed E-state index contributed by atoms with van der Waals surface area (Å²) in [6.45, 7) is 2.68. The van der Waals surface area contributed by atoms with Crippen molar-refractivity contribution in [2.24, 2.45) is 0 Å². The van der Waals surface area contributed by atoms with Crippen LogP contribution < -0.4 is 10.5 Å². The second-order valence-corrected chi connectivity index (χ2v) is 5.52. The van der Waals surface area contributed by atoms with Gasteiger partial charge in [-0.15, -0.1) is 0 Å². The van der Waals surface area contributed by atoms with E-state index in [4.69, 9.17) is 15.6 Å². The van der Waals surface area contributed by atoms with E-state index < -0.39 is 5.97 Å². The van der Waals surface area contributed by atoms with E-state index in [2.05, 4.69) is 15.9 Å². The topological polar surface area (TPSA) is 92.9 Å². The molecular formula is C13H15BrN2O4. The quantitative estimate of drug-likeness (QED) is 0.816. The number of carboxylic acids is 1. The number of nitrogen functional groups attached to an aromatic ring is 1. The van der Waals surface area contributed by atoms with Gasteiger partial charge in [0.1, 0.15) is 11.9 Å². The zero-order valence-corrected chi connectivity index (χ0v) is 12.5. The third-order valence-electron chi connectivity index (χ3n) is 3.22. The minimum Gasteiger partial charge on any atom is -0.487 e. The number of carboxylic acid groups (broad SMARTS) is 1. The number of aromatic carboxylic acids is 1. The Hall–Kier alpha value is -1.76. The summed E-state index contributed by atoms with van der Waals surface area (Å²) >= 11 is 3.30. The van der Waals surface area contributed by atoms with Crippen molar-refractivity contribution < 1.29 is 19.4 Å². The van der Waals surface area contributed by atoms with Crippen molar-refractivity contribution in [1.82, 2.24) is 4.90 Å². The largest absolute Gasteiger partial charge is 0.487 e. The van der Waals surface area contributed by atoms with E-state index in [1.807, 2.05) is 0 Å². The van der Waals surface area contributed by atoms with Gasteiger partial charge >= 0.3 is 5.97 Å². The molecule has 1 aromatic rings. The fraction of sp³-hybridized carbons (Fsp3) is 0.385. The maximum Gasteiger partial charge on any atom is 0.337 e. The van der Waals surface area contributed by atoms with Crippen molar-refractivity contribution in [3.63, 3.8) is 0 Å². The van der Waals surface area contributed by atoms with Crippen LogP contribution in [0.15, 0.2) is 16.6 Å². The molecule has 1 atom stereocenters. The summed E-state index contributed by atoms with van der Waals surface area (Å²) in [6, 6.07) is 2.91. The number of carbonyl (C=O) groups excluding carboxylic acids is 1. The number of benzene rings is 1. The number of nitrogens with zero attached hydrogens (tertiary/aromatic N) is 1. The lowest BCUT2D eigenvalue weighted by atomic mass is 10.1. The van der Waals surface area contributed by atoms with Gasteiger partial charge in [0, 0.05) is 25.6 Å². The van der Waals surface area contributed by atoms with Gasteiger partial charge < -0.3 is 20.5 Å². The number of hydrogen-bond donors (Lipinski definition) is 2. The highest BCUT2D eigenvalue weighted by Crippen LogP contribution is 2.32. The maximum absolute atomic E-state index is 11.3. The Morgan fingerprint density at radius 3 is 2.75 bits per heavy atom. The minimum absolute atomic E-state index is 0.00428. The summed E-state index contributed by atoms with van der Waals surface area (Å²) in [5.41, 5.74) is 5.82. The number of amides is 1. The molecule has 1 amide bonds. The lowest BCUT2D eigenvalue weighted by Crippen LogP contribution is -2.28. The van der Waals surface area contributed by atoms with Crippen LogP contribution in [0.4, 0.5) is 5.69 Å². The van der Waals surface area contributed by atoms with Crippen molar-refractivity contribution in [1.29, 1.82) is 0 Å². The normalized spacial score (nSPS) is 18.1. The number of hydrogen-bond acceptors (Lipinski definition) is 4. The molecule has 0 spiro atoms. The van der Waals surface area contributed by atoms with Crippen molar-refractivity contribution in [3.8, 4) is 5.75 Å². The van der Waals surface area contributed by atoms with Gasteiger partial charge in [-0.2, -0.15) is 0 Å². The lowest BCUT2D eigenvalue weighted by Gasteiger charge is -2.17. The second-order valence-electron chi connectivity index (χ2n) is 4.67. The first kappa shape index (κ1) is 14.6. The molecule has 108 valence electrons. The molecule has 1 fully saturated rings. The number of carbonyl (C=O) groups is 2. The Morgan fingerprint density at radius 2 is 2.20 bits per heavy atom. The summed E-state index contributed by atoms with van der Waals surface area (Å²) in [7, 11) is 0. The number of ether oxygens (including phenoxy) is 1. The fourth-order valence-corrected chi connectivity index (χ4v) is 2.59. The Bertz CT molecular complexity index is 562. The third-order valence-corrected chi connectivity index (χ3v) is 3.84. The van der Waals surface area contributed by atoms with E-state index in [1.165, 1.54) is 19.1 Å². The second kappa shape index (κ2) is 5.70. The predicted octanol–water partition coefficient (Wildman–Crippen LogP) is 1.73. The van der Waals surface area contributed by atoms with Crippen molar-refractivity contribution in [2.75, 3.05) is 18.8 Å². The van der Waals surface area contributed by atoms with Crippen LogP contribution in [0.1, 0.15) is 23.7 Å². The molecule has 1 aliphatic heterocycles. The zero-order chi connectivity index (χ0) is 14.9. The first-order valence-electron chi connectivity index (χ1n) is 6.13. The van der Waals surface area contributed by atoms with Crippen LogP contribution >= 0.6 is 15.9 Å². The Labute approximate surface area is 124 Å². The number of halogens is 1. The van der Waals surface area contributed by atoms with Gasteiger partial charge in [0.15, 0.2) is 0 Å². The number of rotatable bonds is 3. The van der Waals surface area contributed by atoms with E-state index in [0.29, 0.717) is 23.3 Å². The summed E-state index contributed by atoms with van der Waals surface area (Å²) in [4.78, 5) is 24.0. The molecule has 0 saturated carbocycles. The van der Waals surface area contributed by atoms with Crippen LogP contribution in [0.5, 0.6) is 5.75 Å². The SMILES string of the molecule is CC(=O)N1CCC(Oc2cc(C(=O)O)c(N)cc2Br)C1. The van der Waals surface area contributed by atoms with E-state index in [0.717, 1.165) is 6.42 Å². The van der Waals surface area contributed by atoms with Crippen molar-refractivity contribution >= 4 is 33.5 Å². The molecule has 0 aromatic heterocycles.